The van der Waals surface area contributed by atoms with E-state index in [1.54, 1.807) is 36.9 Å². The first-order valence-electron chi connectivity index (χ1n) is 8.22. The van der Waals surface area contributed by atoms with Gasteiger partial charge in [-0.1, -0.05) is 11.6 Å². The van der Waals surface area contributed by atoms with Gasteiger partial charge in [0.15, 0.2) is 11.9 Å². The minimum atomic E-state index is -0.216. The summed E-state index contributed by atoms with van der Waals surface area (Å²) in [5.74, 6) is 0.912. The zero-order valence-electron chi connectivity index (χ0n) is 13.6. The number of rotatable bonds is 3. The van der Waals surface area contributed by atoms with E-state index in [0.29, 0.717) is 23.8 Å². The fourth-order valence-electron chi connectivity index (χ4n) is 3.18. The molecule has 7 nitrogen and oxygen atoms in total. The number of carbonyl (C=O) groups is 1. The van der Waals surface area contributed by atoms with Crippen molar-refractivity contribution in [3.8, 4) is 0 Å². The van der Waals surface area contributed by atoms with Crippen molar-refractivity contribution in [2.45, 2.75) is 12.2 Å². The zero-order valence-corrected chi connectivity index (χ0v) is 14.3. The van der Waals surface area contributed by atoms with E-state index in [-0.39, 0.29) is 24.5 Å². The molecule has 25 heavy (non-hydrogen) atoms. The van der Waals surface area contributed by atoms with E-state index in [0.717, 1.165) is 18.9 Å². The molecule has 4 rings (SSSR count). The highest BCUT2D eigenvalue weighted by Crippen LogP contribution is 2.22. The van der Waals surface area contributed by atoms with Gasteiger partial charge < -0.3 is 14.5 Å². The van der Waals surface area contributed by atoms with Crippen molar-refractivity contribution < 1.29 is 9.53 Å². The van der Waals surface area contributed by atoms with Gasteiger partial charge in [-0.25, -0.2) is 9.98 Å². The van der Waals surface area contributed by atoms with Crippen LogP contribution in [0.5, 0.6) is 0 Å². The van der Waals surface area contributed by atoms with Crippen molar-refractivity contribution in [1.82, 2.24) is 9.80 Å². The SMILES string of the molecule is O=C(CN1C=NC2C(N3CCOCC3)=NC=NC21)c1ccc(Cl)cc1. The summed E-state index contributed by atoms with van der Waals surface area (Å²) in [6.45, 7) is 3.20. The van der Waals surface area contributed by atoms with Crippen LogP contribution in [0.1, 0.15) is 10.4 Å². The number of amidine groups is 1. The molecule has 0 aliphatic carbocycles. The first-order valence-corrected chi connectivity index (χ1v) is 8.60. The normalized spacial score (nSPS) is 25.1. The molecule has 3 aliphatic rings. The Kier molecular flexibility index (Phi) is 4.50. The molecule has 0 N–H and O–H groups in total. The number of Topliss-reactive ketones (excluding diaryl/α,β-unsaturated/α-hetero) is 1. The monoisotopic (exact) mass is 359 g/mol. The third-order valence-electron chi connectivity index (χ3n) is 4.50. The summed E-state index contributed by atoms with van der Waals surface area (Å²) in [4.78, 5) is 30.0. The van der Waals surface area contributed by atoms with Crippen molar-refractivity contribution in [3.05, 3.63) is 34.9 Å². The second-order valence-corrected chi connectivity index (χ2v) is 6.51. The van der Waals surface area contributed by atoms with Crippen LogP contribution in [0.15, 0.2) is 39.2 Å². The number of ketones is 1. The molecule has 2 atom stereocenters. The van der Waals surface area contributed by atoms with Crippen LogP contribution in [0, 0.1) is 0 Å². The fraction of sp³-hybridized carbons (Fsp3) is 0.412. The minimum absolute atomic E-state index is 0.00871. The summed E-state index contributed by atoms with van der Waals surface area (Å²) in [5.41, 5.74) is 0.628. The van der Waals surface area contributed by atoms with Crippen LogP contribution in [0.4, 0.5) is 0 Å². The van der Waals surface area contributed by atoms with Gasteiger partial charge in [0.2, 0.25) is 0 Å². The first kappa shape index (κ1) is 16.2. The molecule has 0 bridgehead atoms. The lowest BCUT2D eigenvalue weighted by atomic mass is 10.1. The van der Waals surface area contributed by atoms with Crippen molar-refractivity contribution in [2.75, 3.05) is 32.8 Å². The highest BCUT2D eigenvalue weighted by Gasteiger charge is 2.38. The molecule has 8 heteroatoms. The summed E-state index contributed by atoms with van der Waals surface area (Å²) in [5, 5.41) is 0.614. The van der Waals surface area contributed by atoms with Crippen molar-refractivity contribution in [3.63, 3.8) is 0 Å². The Morgan fingerprint density at radius 3 is 2.72 bits per heavy atom. The van der Waals surface area contributed by atoms with Crippen molar-refractivity contribution in [2.24, 2.45) is 15.0 Å². The molecule has 0 saturated carbocycles. The number of morpholine rings is 1. The molecule has 1 fully saturated rings. The highest BCUT2D eigenvalue weighted by molar-refractivity contribution is 6.30. The van der Waals surface area contributed by atoms with Gasteiger partial charge in [0.1, 0.15) is 18.2 Å². The molecule has 2 unspecified atom stereocenters. The van der Waals surface area contributed by atoms with Crippen LogP contribution < -0.4 is 0 Å². The Labute approximate surface area is 150 Å². The third-order valence-corrected chi connectivity index (χ3v) is 4.75. The van der Waals surface area contributed by atoms with Crippen LogP contribution in [-0.4, -0.2) is 79.2 Å². The summed E-state index contributed by atoms with van der Waals surface area (Å²) >= 11 is 5.88. The molecule has 0 radical (unpaired) electrons. The van der Waals surface area contributed by atoms with Gasteiger partial charge in [-0.2, -0.15) is 0 Å². The molecule has 1 saturated heterocycles. The Morgan fingerprint density at radius 1 is 1.20 bits per heavy atom. The van der Waals surface area contributed by atoms with E-state index in [9.17, 15) is 4.79 Å². The standard InChI is InChI=1S/C17H18ClN5O2/c18-13-3-1-12(2-4-13)14(24)9-23-11-21-15-16(19-10-20-17(15)23)22-5-7-25-8-6-22/h1-4,10-11,15,17H,5-9H2. The summed E-state index contributed by atoms with van der Waals surface area (Å²) in [7, 11) is 0. The molecular weight excluding hydrogens is 342 g/mol. The van der Waals surface area contributed by atoms with E-state index in [1.165, 1.54) is 0 Å². The average Bonchev–Trinajstić information content (AvgIpc) is 3.06. The summed E-state index contributed by atoms with van der Waals surface area (Å²) in [6, 6.07) is 6.75. The lowest BCUT2D eigenvalue weighted by Gasteiger charge is -2.35. The summed E-state index contributed by atoms with van der Waals surface area (Å²) in [6.07, 6.45) is 3.06. The van der Waals surface area contributed by atoms with Crippen molar-refractivity contribution in [1.29, 1.82) is 0 Å². The minimum Gasteiger partial charge on any atom is -0.378 e. The number of benzene rings is 1. The van der Waals surface area contributed by atoms with E-state index in [2.05, 4.69) is 19.9 Å². The van der Waals surface area contributed by atoms with Gasteiger partial charge in [0.25, 0.3) is 0 Å². The van der Waals surface area contributed by atoms with Crippen molar-refractivity contribution >= 4 is 35.9 Å². The van der Waals surface area contributed by atoms with Gasteiger partial charge in [-0.15, -0.1) is 0 Å². The number of ether oxygens (including phenoxy) is 1. The molecular formula is C17H18ClN5O2. The van der Waals surface area contributed by atoms with Crippen LogP contribution >= 0.6 is 11.6 Å². The highest BCUT2D eigenvalue weighted by atomic mass is 35.5. The predicted octanol–water partition coefficient (Wildman–Crippen LogP) is 1.33. The lowest BCUT2D eigenvalue weighted by molar-refractivity contribution is 0.0662. The molecule has 1 aromatic carbocycles. The smallest absolute Gasteiger partial charge is 0.182 e. The molecule has 3 aliphatic heterocycles. The van der Waals surface area contributed by atoms with Gasteiger partial charge in [0.05, 0.1) is 26.1 Å². The number of aliphatic imine (C=N–C) groups is 3. The molecule has 1 aromatic rings. The number of halogens is 1. The fourth-order valence-corrected chi connectivity index (χ4v) is 3.30. The second kappa shape index (κ2) is 6.93. The van der Waals surface area contributed by atoms with Gasteiger partial charge >= 0.3 is 0 Å². The van der Waals surface area contributed by atoms with E-state index in [4.69, 9.17) is 16.3 Å². The molecule has 0 aromatic heterocycles. The molecule has 0 amide bonds. The number of fused-ring (bicyclic) bond motifs is 1. The van der Waals surface area contributed by atoms with Crippen LogP contribution in [0.2, 0.25) is 5.02 Å². The maximum atomic E-state index is 12.5. The Morgan fingerprint density at radius 2 is 1.96 bits per heavy atom. The van der Waals surface area contributed by atoms with Crippen LogP contribution in [0.25, 0.3) is 0 Å². The number of carbonyl (C=O) groups excluding carboxylic acids is 1. The summed E-state index contributed by atoms with van der Waals surface area (Å²) < 4.78 is 5.40. The van der Waals surface area contributed by atoms with E-state index >= 15 is 0 Å². The largest absolute Gasteiger partial charge is 0.378 e. The van der Waals surface area contributed by atoms with Gasteiger partial charge in [-0.05, 0) is 24.3 Å². The number of hydrogen-bond acceptors (Lipinski definition) is 7. The zero-order chi connectivity index (χ0) is 17.2. The Hall–Kier alpha value is -2.25. The first-order chi connectivity index (χ1) is 12.2. The van der Waals surface area contributed by atoms with Gasteiger partial charge in [-0.3, -0.25) is 9.79 Å². The lowest BCUT2D eigenvalue weighted by Crippen LogP contribution is -2.51. The van der Waals surface area contributed by atoms with Crippen LogP contribution in [-0.2, 0) is 4.74 Å². The van der Waals surface area contributed by atoms with E-state index < -0.39 is 0 Å². The maximum Gasteiger partial charge on any atom is 0.182 e. The maximum absolute atomic E-state index is 12.5. The third kappa shape index (κ3) is 3.29. The van der Waals surface area contributed by atoms with E-state index in [1.807, 2.05) is 4.90 Å². The molecule has 130 valence electrons. The number of nitrogens with zero attached hydrogens (tertiary/aromatic N) is 5. The van der Waals surface area contributed by atoms with Crippen LogP contribution in [0.3, 0.4) is 0 Å². The average molecular weight is 360 g/mol. The molecule has 3 heterocycles. The Balaban J connectivity index is 1.45. The Bertz CT molecular complexity index is 740. The second-order valence-electron chi connectivity index (χ2n) is 6.08. The van der Waals surface area contributed by atoms with Gasteiger partial charge in [0, 0.05) is 23.7 Å². The predicted molar refractivity (Wildman–Crippen MR) is 96.9 cm³/mol. The topological polar surface area (TPSA) is 69.9 Å². The number of hydrogen-bond donors (Lipinski definition) is 0. The quantitative estimate of drug-likeness (QED) is 0.763. The molecule has 0 spiro atoms.